The van der Waals surface area contributed by atoms with Crippen molar-refractivity contribution in [3.05, 3.63) is 78.9 Å². The smallest absolute Gasteiger partial charge is 0.0524 e. The van der Waals surface area contributed by atoms with Crippen LogP contribution in [0.2, 0.25) is 0 Å². The summed E-state index contributed by atoms with van der Waals surface area (Å²) in [6, 6.07) is 12.9. The number of hydrogen-bond acceptors (Lipinski definition) is 0. The Morgan fingerprint density at radius 2 is 1.86 bits per heavy atom. The molecule has 0 spiro atoms. The Bertz CT molecular complexity index is 891. The highest BCUT2D eigenvalue weighted by atomic mass is 14.9. The van der Waals surface area contributed by atoms with Gasteiger partial charge in [0.05, 0.1) is 5.52 Å². The van der Waals surface area contributed by atoms with Crippen molar-refractivity contribution in [3.8, 4) is 0 Å². The van der Waals surface area contributed by atoms with Gasteiger partial charge in [0.15, 0.2) is 0 Å². The third-order valence-electron chi connectivity index (χ3n) is 4.10. The molecular formula is C20H19N. The van der Waals surface area contributed by atoms with E-state index in [1.165, 1.54) is 32.9 Å². The molecule has 0 fully saturated rings. The Hall–Kier alpha value is -2.54. The number of hydrogen-bond donors (Lipinski definition) is 0. The van der Waals surface area contributed by atoms with Gasteiger partial charge >= 0.3 is 0 Å². The first-order valence-electron chi connectivity index (χ1n) is 7.10. The molecule has 0 N–H and O–H groups in total. The first-order chi connectivity index (χ1) is 10.1. The van der Waals surface area contributed by atoms with Crippen molar-refractivity contribution in [2.24, 2.45) is 7.05 Å². The van der Waals surface area contributed by atoms with E-state index in [1.54, 1.807) is 6.08 Å². The van der Waals surface area contributed by atoms with E-state index in [4.69, 9.17) is 0 Å². The highest BCUT2D eigenvalue weighted by molar-refractivity contribution is 6.10. The minimum Gasteiger partial charge on any atom is -0.343 e. The minimum absolute atomic E-state index is 1.01. The van der Waals surface area contributed by atoms with Crippen LogP contribution in [-0.2, 0) is 7.05 Å². The molecule has 1 aromatic heterocycles. The molecule has 0 aliphatic rings. The Balaban J connectivity index is 2.33. The second-order valence-electron chi connectivity index (χ2n) is 5.33. The van der Waals surface area contributed by atoms with Crippen LogP contribution >= 0.6 is 0 Å². The van der Waals surface area contributed by atoms with Crippen LogP contribution in [-0.4, -0.2) is 4.57 Å². The first kappa shape index (κ1) is 13.4. The number of nitrogens with zero attached hydrogens (tertiary/aromatic N) is 1. The van der Waals surface area contributed by atoms with Crippen LogP contribution in [0.4, 0.5) is 0 Å². The van der Waals surface area contributed by atoms with Crippen LogP contribution in [0, 0.1) is 6.92 Å². The predicted molar refractivity (Wildman–Crippen MR) is 93.5 cm³/mol. The molecule has 3 aromatic rings. The van der Waals surface area contributed by atoms with Gasteiger partial charge in [-0.1, -0.05) is 61.7 Å². The van der Waals surface area contributed by atoms with Gasteiger partial charge in [-0.3, -0.25) is 0 Å². The van der Waals surface area contributed by atoms with Gasteiger partial charge in [0.25, 0.3) is 0 Å². The van der Waals surface area contributed by atoms with Gasteiger partial charge in [0.1, 0.15) is 0 Å². The van der Waals surface area contributed by atoms with E-state index in [2.05, 4.69) is 68.1 Å². The normalized spacial score (nSPS) is 11.5. The van der Waals surface area contributed by atoms with Crippen molar-refractivity contribution < 1.29 is 0 Å². The molecule has 0 unspecified atom stereocenters. The summed E-state index contributed by atoms with van der Waals surface area (Å²) in [4.78, 5) is 0. The van der Waals surface area contributed by atoms with Gasteiger partial charge in [-0.2, -0.15) is 0 Å². The van der Waals surface area contributed by atoms with Crippen LogP contribution in [0.25, 0.3) is 27.4 Å². The zero-order valence-corrected chi connectivity index (χ0v) is 12.6. The zero-order chi connectivity index (χ0) is 15.0. The topological polar surface area (TPSA) is 4.93 Å². The van der Waals surface area contributed by atoms with Crippen molar-refractivity contribution in [1.29, 1.82) is 0 Å². The molecule has 0 amide bonds. The highest BCUT2D eigenvalue weighted by Crippen LogP contribution is 2.33. The van der Waals surface area contributed by atoms with Crippen molar-refractivity contribution in [2.45, 2.75) is 6.92 Å². The lowest BCUT2D eigenvalue weighted by Gasteiger charge is -2.09. The summed E-state index contributed by atoms with van der Waals surface area (Å²) in [5, 5.41) is 2.60. The predicted octanol–water partition coefficient (Wildman–Crippen LogP) is 5.40. The largest absolute Gasteiger partial charge is 0.343 e. The maximum absolute atomic E-state index is 4.17. The molecule has 3 rings (SSSR count). The fourth-order valence-electron chi connectivity index (χ4n) is 3.09. The van der Waals surface area contributed by atoms with E-state index < -0.39 is 0 Å². The second-order valence-corrected chi connectivity index (χ2v) is 5.33. The molecule has 0 aliphatic heterocycles. The van der Waals surface area contributed by atoms with Gasteiger partial charge in [-0.25, -0.2) is 0 Å². The monoisotopic (exact) mass is 273 g/mol. The SMILES string of the molecule is C=C/C=C\C(=C)c1ccc2c3ccccc3n(C)c2c1C. The quantitative estimate of drug-likeness (QED) is 0.563. The third kappa shape index (κ3) is 2.02. The second kappa shape index (κ2) is 5.10. The number of rotatable bonds is 3. The summed E-state index contributed by atoms with van der Waals surface area (Å²) in [6.45, 7) is 10.0. The van der Waals surface area contributed by atoms with Gasteiger partial charge in [0, 0.05) is 23.3 Å². The van der Waals surface area contributed by atoms with Gasteiger partial charge in [0.2, 0.25) is 0 Å². The zero-order valence-electron chi connectivity index (χ0n) is 12.6. The van der Waals surface area contributed by atoms with Gasteiger partial charge in [-0.15, -0.1) is 0 Å². The molecule has 0 saturated carbocycles. The van der Waals surface area contributed by atoms with E-state index in [-0.39, 0.29) is 0 Å². The fourth-order valence-corrected chi connectivity index (χ4v) is 3.09. The van der Waals surface area contributed by atoms with Gasteiger partial charge < -0.3 is 4.57 Å². The minimum atomic E-state index is 1.01. The molecule has 0 saturated heterocycles. The number of fused-ring (bicyclic) bond motifs is 3. The molecule has 1 nitrogen and oxygen atoms in total. The third-order valence-corrected chi connectivity index (χ3v) is 4.10. The maximum Gasteiger partial charge on any atom is 0.0524 e. The van der Waals surface area contributed by atoms with Crippen LogP contribution in [0.5, 0.6) is 0 Å². The van der Waals surface area contributed by atoms with Crippen molar-refractivity contribution >= 4 is 27.4 Å². The Kier molecular flexibility index (Phi) is 3.26. The molecular weight excluding hydrogens is 254 g/mol. The molecule has 1 heterocycles. The molecule has 0 atom stereocenters. The van der Waals surface area contributed by atoms with E-state index in [9.17, 15) is 0 Å². The Labute approximate surface area is 125 Å². The summed E-state index contributed by atoms with van der Waals surface area (Å²) >= 11 is 0. The summed E-state index contributed by atoms with van der Waals surface area (Å²) in [7, 11) is 2.13. The molecule has 21 heavy (non-hydrogen) atoms. The Morgan fingerprint density at radius 3 is 2.62 bits per heavy atom. The average molecular weight is 273 g/mol. The lowest BCUT2D eigenvalue weighted by molar-refractivity contribution is 1.01. The molecule has 0 radical (unpaired) electrons. The van der Waals surface area contributed by atoms with E-state index in [0.29, 0.717) is 0 Å². The fraction of sp³-hybridized carbons (Fsp3) is 0.100. The summed E-state index contributed by atoms with van der Waals surface area (Å²) in [5.41, 5.74) is 6.01. The lowest BCUT2D eigenvalue weighted by Crippen LogP contribution is -1.93. The average Bonchev–Trinajstić information content (AvgIpc) is 2.79. The number of aromatic nitrogens is 1. The number of aryl methyl sites for hydroxylation is 2. The van der Waals surface area contributed by atoms with Crippen LogP contribution in [0.1, 0.15) is 11.1 Å². The van der Waals surface area contributed by atoms with Crippen molar-refractivity contribution in [1.82, 2.24) is 4.57 Å². The summed E-state index contributed by atoms with van der Waals surface area (Å²) in [6.07, 6.45) is 5.70. The molecule has 0 aliphatic carbocycles. The van der Waals surface area contributed by atoms with Crippen LogP contribution in [0.3, 0.4) is 0 Å². The Morgan fingerprint density at radius 1 is 1.10 bits per heavy atom. The molecule has 0 bridgehead atoms. The van der Waals surface area contributed by atoms with E-state index in [0.717, 1.165) is 5.57 Å². The summed E-state index contributed by atoms with van der Waals surface area (Å²) in [5.74, 6) is 0. The van der Waals surface area contributed by atoms with Crippen LogP contribution < -0.4 is 0 Å². The highest BCUT2D eigenvalue weighted by Gasteiger charge is 2.12. The molecule has 1 heteroatoms. The molecule has 104 valence electrons. The number of benzene rings is 2. The number of para-hydroxylation sites is 1. The van der Waals surface area contributed by atoms with Gasteiger partial charge in [-0.05, 0) is 29.7 Å². The van der Waals surface area contributed by atoms with E-state index >= 15 is 0 Å². The summed E-state index contributed by atoms with van der Waals surface area (Å²) < 4.78 is 2.27. The van der Waals surface area contributed by atoms with Crippen molar-refractivity contribution in [2.75, 3.05) is 0 Å². The lowest BCUT2D eigenvalue weighted by atomic mass is 9.98. The first-order valence-corrected chi connectivity index (χ1v) is 7.10. The van der Waals surface area contributed by atoms with Crippen LogP contribution in [0.15, 0.2) is 67.8 Å². The van der Waals surface area contributed by atoms with Crippen molar-refractivity contribution in [3.63, 3.8) is 0 Å². The van der Waals surface area contributed by atoms with E-state index in [1.807, 2.05) is 12.2 Å². The molecule has 2 aromatic carbocycles. The maximum atomic E-state index is 4.17. The number of allylic oxidation sites excluding steroid dienone is 4. The standard InChI is InChI=1S/C20H19N/c1-5-6-9-14(2)16-12-13-18-17-10-7-8-11-19(17)21(4)20(18)15(16)3/h5-13H,1-2H2,3-4H3/b9-6-.